The van der Waals surface area contributed by atoms with E-state index in [1.165, 1.54) is 12.3 Å². The number of rotatable bonds is 4. The summed E-state index contributed by atoms with van der Waals surface area (Å²) in [5.41, 5.74) is 0.364. The van der Waals surface area contributed by atoms with Crippen LogP contribution in [0.3, 0.4) is 0 Å². The molecule has 1 aromatic heterocycles. The van der Waals surface area contributed by atoms with Crippen molar-refractivity contribution in [3.05, 3.63) is 18.0 Å². The number of carbonyl (C=O) groups excluding carboxylic acids is 1. The molecule has 6 nitrogen and oxygen atoms in total. The van der Waals surface area contributed by atoms with Crippen LogP contribution in [-0.4, -0.2) is 65.7 Å². The van der Waals surface area contributed by atoms with Gasteiger partial charge in [-0.25, -0.2) is 9.97 Å². The maximum Gasteiger partial charge on any atom is 0.389 e. The molecule has 0 saturated carbocycles. The number of aryl methyl sites for hydroxylation is 1. The molecule has 0 spiro atoms. The molecule has 3 rings (SSSR count). The molecular weight excluding hydrogens is 335 g/mol. The lowest BCUT2D eigenvalue weighted by Crippen LogP contribution is -2.58. The third-order valence-corrected chi connectivity index (χ3v) is 4.54. The number of aromatic nitrogens is 2. The number of nitrogens with zero attached hydrogens (tertiary/aromatic N) is 4. The maximum atomic E-state index is 12.5. The van der Waals surface area contributed by atoms with Crippen LogP contribution in [-0.2, 0) is 11.2 Å². The Morgan fingerprint density at radius 3 is 2.76 bits per heavy atom. The van der Waals surface area contributed by atoms with E-state index in [1.54, 1.807) is 0 Å². The van der Waals surface area contributed by atoms with Crippen molar-refractivity contribution >= 4 is 11.9 Å². The molecule has 0 aromatic carbocycles. The van der Waals surface area contributed by atoms with Crippen LogP contribution < -0.4 is 10.2 Å². The number of carbonyl (C=O) groups is 1. The zero-order chi connectivity index (χ0) is 17.9. The van der Waals surface area contributed by atoms with Crippen molar-refractivity contribution in [1.29, 1.82) is 0 Å². The summed E-state index contributed by atoms with van der Waals surface area (Å²) >= 11 is 0. The topological polar surface area (TPSA) is 61.4 Å². The first-order chi connectivity index (χ1) is 11.9. The van der Waals surface area contributed by atoms with E-state index in [0.29, 0.717) is 31.3 Å². The van der Waals surface area contributed by atoms with Gasteiger partial charge in [0.1, 0.15) is 6.04 Å². The first kappa shape index (κ1) is 17.9. The molecule has 0 radical (unpaired) electrons. The van der Waals surface area contributed by atoms with Crippen LogP contribution in [0.1, 0.15) is 25.0 Å². The van der Waals surface area contributed by atoms with Crippen LogP contribution in [0.5, 0.6) is 0 Å². The zero-order valence-corrected chi connectivity index (χ0v) is 13.9. The highest BCUT2D eigenvalue weighted by molar-refractivity contribution is 5.83. The van der Waals surface area contributed by atoms with Crippen LogP contribution in [0.2, 0.25) is 0 Å². The third kappa shape index (κ3) is 4.81. The molecule has 1 N–H and O–H groups in total. The van der Waals surface area contributed by atoms with Gasteiger partial charge in [0.15, 0.2) is 0 Å². The van der Waals surface area contributed by atoms with Gasteiger partial charge in [0, 0.05) is 51.0 Å². The molecule has 0 bridgehead atoms. The van der Waals surface area contributed by atoms with Crippen molar-refractivity contribution in [3.8, 4) is 0 Å². The largest absolute Gasteiger partial charge is 0.389 e. The van der Waals surface area contributed by atoms with E-state index >= 15 is 0 Å². The number of hydrogen-bond donors (Lipinski definition) is 1. The summed E-state index contributed by atoms with van der Waals surface area (Å²) in [4.78, 5) is 24.7. The fourth-order valence-electron chi connectivity index (χ4n) is 3.20. The monoisotopic (exact) mass is 357 g/mol. The number of hydrogen-bond acceptors (Lipinski definition) is 5. The van der Waals surface area contributed by atoms with Gasteiger partial charge in [-0.15, -0.1) is 0 Å². The Labute approximate surface area is 144 Å². The van der Waals surface area contributed by atoms with Crippen LogP contribution in [0.4, 0.5) is 19.1 Å². The van der Waals surface area contributed by atoms with Crippen LogP contribution >= 0.6 is 0 Å². The summed E-state index contributed by atoms with van der Waals surface area (Å²) in [5.74, 6) is 0.468. The standard InChI is InChI=1S/C16H22F3N5O/c17-16(18,19)5-3-12-4-6-21-15(22-12)24-10-7-20-13(11-24)14(25)23-8-1-2-9-23/h4,6,13,20H,1-3,5,7-11H2. The van der Waals surface area contributed by atoms with Crippen LogP contribution in [0.25, 0.3) is 0 Å². The van der Waals surface area contributed by atoms with E-state index in [0.717, 1.165) is 25.9 Å². The SMILES string of the molecule is O=C(C1CN(c2nccc(CCC(F)(F)F)n2)CCN1)N1CCCC1. The van der Waals surface area contributed by atoms with Crippen molar-refractivity contribution in [2.75, 3.05) is 37.6 Å². The second-order valence-corrected chi connectivity index (χ2v) is 6.45. The molecule has 0 aliphatic carbocycles. The van der Waals surface area contributed by atoms with Crippen molar-refractivity contribution in [1.82, 2.24) is 20.2 Å². The summed E-state index contributed by atoms with van der Waals surface area (Å²) < 4.78 is 37.1. The summed E-state index contributed by atoms with van der Waals surface area (Å²) in [6.07, 6.45) is -1.72. The first-order valence-corrected chi connectivity index (χ1v) is 8.58. The number of alkyl halides is 3. The number of piperazine rings is 1. The molecule has 25 heavy (non-hydrogen) atoms. The number of halogens is 3. The van der Waals surface area contributed by atoms with Gasteiger partial charge >= 0.3 is 6.18 Å². The zero-order valence-electron chi connectivity index (χ0n) is 13.9. The van der Waals surface area contributed by atoms with Crippen molar-refractivity contribution in [2.45, 2.75) is 37.9 Å². The predicted octanol–water partition coefficient (Wildman–Crippen LogP) is 1.37. The van der Waals surface area contributed by atoms with Crippen molar-refractivity contribution < 1.29 is 18.0 Å². The number of amides is 1. The molecule has 1 atom stereocenters. The van der Waals surface area contributed by atoms with Gasteiger partial charge in [-0.05, 0) is 25.3 Å². The van der Waals surface area contributed by atoms with E-state index < -0.39 is 12.6 Å². The Morgan fingerprint density at radius 1 is 1.28 bits per heavy atom. The Hall–Kier alpha value is -1.90. The maximum absolute atomic E-state index is 12.5. The normalized spacial score (nSPS) is 21.6. The molecule has 3 heterocycles. The highest BCUT2D eigenvalue weighted by atomic mass is 19.4. The summed E-state index contributed by atoms with van der Waals surface area (Å²) in [6.45, 7) is 3.24. The van der Waals surface area contributed by atoms with Gasteiger partial charge in [0.05, 0.1) is 0 Å². The minimum Gasteiger partial charge on any atom is -0.341 e. The lowest BCUT2D eigenvalue weighted by Gasteiger charge is -2.34. The number of nitrogens with one attached hydrogen (secondary N) is 1. The molecule has 2 aliphatic rings. The van der Waals surface area contributed by atoms with Gasteiger partial charge in [-0.3, -0.25) is 4.79 Å². The fourth-order valence-corrected chi connectivity index (χ4v) is 3.20. The molecular formula is C16H22F3N5O. The Bertz CT molecular complexity index is 604. The van der Waals surface area contributed by atoms with Gasteiger partial charge in [0.2, 0.25) is 11.9 Å². The third-order valence-electron chi connectivity index (χ3n) is 4.54. The lowest BCUT2D eigenvalue weighted by molar-refractivity contribution is -0.134. The number of anilines is 1. The van der Waals surface area contributed by atoms with Gasteiger partial charge in [-0.2, -0.15) is 13.2 Å². The van der Waals surface area contributed by atoms with E-state index in [2.05, 4.69) is 15.3 Å². The van der Waals surface area contributed by atoms with E-state index in [-0.39, 0.29) is 18.4 Å². The first-order valence-electron chi connectivity index (χ1n) is 8.58. The minimum atomic E-state index is -4.20. The highest BCUT2D eigenvalue weighted by Gasteiger charge is 2.31. The van der Waals surface area contributed by atoms with Gasteiger partial charge in [0.25, 0.3) is 0 Å². The molecule has 2 fully saturated rings. The molecule has 1 unspecified atom stereocenters. The Balaban J connectivity index is 1.63. The average molecular weight is 357 g/mol. The minimum absolute atomic E-state index is 0.0791. The van der Waals surface area contributed by atoms with E-state index in [1.807, 2.05) is 9.80 Å². The van der Waals surface area contributed by atoms with Crippen LogP contribution in [0.15, 0.2) is 12.3 Å². The fraction of sp³-hybridized carbons (Fsp3) is 0.688. The summed E-state index contributed by atoms with van der Waals surface area (Å²) in [5, 5.41) is 3.22. The van der Waals surface area contributed by atoms with Crippen molar-refractivity contribution in [2.24, 2.45) is 0 Å². The second kappa shape index (κ2) is 7.55. The Morgan fingerprint density at radius 2 is 2.04 bits per heavy atom. The number of likely N-dealkylation sites (tertiary alicyclic amines) is 1. The van der Waals surface area contributed by atoms with E-state index in [9.17, 15) is 18.0 Å². The van der Waals surface area contributed by atoms with Gasteiger partial charge < -0.3 is 15.1 Å². The molecule has 1 amide bonds. The molecule has 2 saturated heterocycles. The molecule has 2 aliphatic heterocycles. The van der Waals surface area contributed by atoms with Crippen LogP contribution in [0, 0.1) is 0 Å². The second-order valence-electron chi connectivity index (χ2n) is 6.45. The van der Waals surface area contributed by atoms with Crippen molar-refractivity contribution in [3.63, 3.8) is 0 Å². The molecule has 9 heteroatoms. The lowest BCUT2D eigenvalue weighted by atomic mass is 10.2. The quantitative estimate of drug-likeness (QED) is 0.882. The highest BCUT2D eigenvalue weighted by Crippen LogP contribution is 2.22. The summed E-state index contributed by atoms with van der Waals surface area (Å²) in [6, 6.07) is 1.18. The molecule has 1 aromatic rings. The Kier molecular flexibility index (Phi) is 5.41. The summed E-state index contributed by atoms with van der Waals surface area (Å²) in [7, 11) is 0. The average Bonchev–Trinajstić information content (AvgIpc) is 3.14. The van der Waals surface area contributed by atoms with E-state index in [4.69, 9.17) is 0 Å². The molecule has 138 valence electrons. The predicted molar refractivity (Wildman–Crippen MR) is 86.2 cm³/mol. The van der Waals surface area contributed by atoms with Gasteiger partial charge in [-0.1, -0.05) is 0 Å². The smallest absolute Gasteiger partial charge is 0.341 e.